The van der Waals surface area contributed by atoms with Crippen LogP contribution < -0.4 is 15.5 Å². The molecule has 7 heteroatoms. The Morgan fingerprint density at radius 3 is 2.44 bits per heavy atom. The van der Waals surface area contributed by atoms with E-state index in [4.69, 9.17) is 0 Å². The van der Waals surface area contributed by atoms with Crippen LogP contribution in [0.4, 0.5) is 11.4 Å². The lowest BCUT2D eigenvalue weighted by Gasteiger charge is -2.39. The number of phenolic OH excluding ortho intramolecular Hbond substituents is 1. The molecule has 2 aliphatic carbocycles. The van der Waals surface area contributed by atoms with Crippen LogP contribution in [0, 0.1) is 5.92 Å². The SMILES string of the molecule is C=CC(=O)Nc1cc(C2(C3=C(CC)C4CC4(N(CC)CC)C=C3)NC(=O)c3ccccc32)c(O)cc1N(CC)CC. The van der Waals surface area contributed by atoms with Gasteiger partial charge in [0.05, 0.1) is 11.4 Å². The zero-order valence-electron chi connectivity index (χ0n) is 24.9. The average molecular weight is 555 g/mol. The first-order valence-corrected chi connectivity index (χ1v) is 14.9. The molecule has 0 saturated heterocycles. The second-order valence-corrected chi connectivity index (χ2v) is 11.0. The van der Waals surface area contributed by atoms with Crippen molar-refractivity contribution in [3.63, 3.8) is 0 Å². The van der Waals surface area contributed by atoms with Crippen molar-refractivity contribution in [3.05, 3.63) is 89.0 Å². The number of benzene rings is 2. The molecule has 7 nitrogen and oxygen atoms in total. The van der Waals surface area contributed by atoms with E-state index >= 15 is 0 Å². The number of aromatic hydroxyl groups is 1. The fraction of sp³-hybridized carbons (Fsp3) is 0.412. The lowest BCUT2D eigenvalue weighted by Crippen LogP contribution is -2.45. The van der Waals surface area contributed by atoms with Crippen LogP contribution in [0.25, 0.3) is 0 Å². The quantitative estimate of drug-likeness (QED) is 0.244. The van der Waals surface area contributed by atoms with Crippen molar-refractivity contribution < 1.29 is 14.7 Å². The van der Waals surface area contributed by atoms with Crippen LogP contribution in [0.2, 0.25) is 0 Å². The third-order valence-corrected chi connectivity index (χ3v) is 9.36. The van der Waals surface area contributed by atoms with E-state index in [1.165, 1.54) is 11.6 Å². The van der Waals surface area contributed by atoms with Crippen LogP contribution in [0.5, 0.6) is 5.75 Å². The predicted molar refractivity (Wildman–Crippen MR) is 165 cm³/mol. The zero-order valence-corrected chi connectivity index (χ0v) is 24.9. The highest BCUT2D eigenvalue weighted by Crippen LogP contribution is 2.61. The van der Waals surface area contributed by atoms with Crippen LogP contribution in [0.3, 0.4) is 0 Å². The number of fused-ring (bicyclic) bond motifs is 2. The van der Waals surface area contributed by atoms with E-state index in [0.717, 1.165) is 37.1 Å². The van der Waals surface area contributed by atoms with E-state index in [1.54, 1.807) is 6.07 Å². The average Bonchev–Trinajstić information content (AvgIpc) is 3.66. The fourth-order valence-corrected chi connectivity index (χ4v) is 7.34. The Morgan fingerprint density at radius 2 is 1.80 bits per heavy atom. The molecule has 3 aliphatic rings. The molecule has 41 heavy (non-hydrogen) atoms. The number of hydrogen-bond acceptors (Lipinski definition) is 5. The van der Waals surface area contributed by atoms with Gasteiger partial charge in [0.1, 0.15) is 11.3 Å². The van der Waals surface area contributed by atoms with Gasteiger partial charge in [-0.2, -0.15) is 0 Å². The third kappa shape index (κ3) is 4.29. The van der Waals surface area contributed by atoms with E-state index in [9.17, 15) is 14.7 Å². The first kappa shape index (κ1) is 28.7. The molecule has 216 valence electrons. The number of amides is 2. The van der Waals surface area contributed by atoms with Gasteiger partial charge in [-0.3, -0.25) is 14.5 Å². The molecule has 2 aromatic rings. The number of nitrogens with one attached hydrogen (secondary N) is 2. The molecule has 2 aromatic carbocycles. The Kier molecular flexibility index (Phi) is 7.60. The topological polar surface area (TPSA) is 84.9 Å². The van der Waals surface area contributed by atoms with Gasteiger partial charge >= 0.3 is 0 Å². The van der Waals surface area contributed by atoms with Gasteiger partial charge < -0.3 is 20.6 Å². The molecule has 1 saturated carbocycles. The molecular formula is C34H42N4O3. The Morgan fingerprint density at radius 1 is 1.10 bits per heavy atom. The molecule has 1 fully saturated rings. The number of carbonyl (C=O) groups is 2. The van der Waals surface area contributed by atoms with E-state index < -0.39 is 5.54 Å². The van der Waals surface area contributed by atoms with Crippen molar-refractivity contribution in [1.82, 2.24) is 10.2 Å². The van der Waals surface area contributed by atoms with E-state index in [0.29, 0.717) is 41.5 Å². The maximum Gasteiger partial charge on any atom is 0.252 e. The standard InChI is InChI=1S/C34H42N4O3/c1-7-22-25(17-18-33(21-27(22)33)38(11-5)12-6)34(24-16-14-13-15-23(24)32(41)36-34)26-19-28(35-31(40)8-2)29(20-30(26)39)37(9-3)10-4/h8,13-20,27,39H,2,7,9-12,21H2,1,3-6H3,(H,35,40)(H,36,41). The van der Waals surface area contributed by atoms with Gasteiger partial charge in [0.2, 0.25) is 5.91 Å². The molecule has 5 rings (SSSR count). The van der Waals surface area contributed by atoms with Crippen molar-refractivity contribution in [1.29, 1.82) is 0 Å². The van der Waals surface area contributed by atoms with Gasteiger partial charge in [-0.25, -0.2) is 0 Å². The Hall–Kier alpha value is -3.84. The monoisotopic (exact) mass is 554 g/mol. The van der Waals surface area contributed by atoms with Crippen molar-refractivity contribution >= 4 is 23.2 Å². The molecule has 2 amide bonds. The number of carbonyl (C=O) groups excluding carboxylic acids is 2. The first-order chi connectivity index (χ1) is 19.8. The van der Waals surface area contributed by atoms with Crippen molar-refractivity contribution in [2.24, 2.45) is 5.92 Å². The van der Waals surface area contributed by atoms with Gasteiger partial charge in [0, 0.05) is 41.7 Å². The van der Waals surface area contributed by atoms with Crippen LogP contribution in [0.15, 0.2) is 72.4 Å². The van der Waals surface area contributed by atoms with Gasteiger partial charge in [-0.05, 0) is 69.1 Å². The van der Waals surface area contributed by atoms with Gasteiger partial charge in [-0.15, -0.1) is 0 Å². The summed E-state index contributed by atoms with van der Waals surface area (Å²) in [5.74, 6) is -0.121. The second kappa shape index (κ2) is 10.9. The smallest absolute Gasteiger partial charge is 0.252 e. The molecule has 3 atom stereocenters. The van der Waals surface area contributed by atoms with Gasteiger partial charge in [0.25, 0.3) is 5.91 Å². The molecule has 1 aliphatic heterocycles. The first-order valence-electron chi connectivity index (χ1n) is 14.9. The predicted octanol–water partition coefficient (Wildman–Crippen LogP) is 5.73. The summed E-state index contributed by atoms with van der Waals surface area (Å²) in [5, 5.41) is 18.1. The molecule has 1 heterocycles. The van der Waals surface area contributed by atoms with Crippen LogP contribution in [0.1, 0.15) is 68.9 Å². The number of rotatable bonds is 11. The number of phenols is 1. The number of hydrogen-bond donors (Lipinski definition) is 3. The molecular weight excluding hydrogens is 512 g/mol. The number of nitrogens with zero attached hydrogens (tertiary/aromatic N) is 2. The largest absolute Gasteiger partial charge is 0.507 e. The Labute approximate surface area is 243 Å². The van der Waals surface area contributed by atoms with E-state index in [1.807, 2.05) is 44.2 Å². The van der Waals surface area contributed by atoms with E-state index in [-0.39, 0.29) is 23.1 Å². The maximum absolute atomic E-state index is 13.6. The highest BCUT2D eigenvalue weighted by atomic mass is 16.3. The van der Waals surface area contributed by atoms with Gasteiger partial charge in [0.15, 0.2) is 0 Å². The van der Waals surface area contributed by atoms with Crippen molar-refractivity contribution in [2.45, 2.75) is 58.5 Å². The van der Waals surface area contributed by atoms with E-state index in [2.05, 4.69) is 59.9 Å². The minimum absolute atomic E-state index is 0.000580. The van der Waals surface area contributed by atoms with Crippen LogP contribution in [-0.4, -0.2) is 53.5 Å². The van der Waals surface area contributed by atoms with Crippen molar-refractivity contribution in [2.75, 3.05) is 36.4 Å². The fourth-order valence-electron chi connectivity index (χ4n) is 7.34. The Balaban J connectivity index is 1.79. The summed E-state index contributed by atoms with van der Waals surface area (Å²) in [5.41, 5.74) is 4.37. The summed E-state index contributed by atoms with van der Waals surface area (Å²) in [6.45, 7) is 17.6. The highest BCUT2D eigenvalue weighted by molar-refractivity contribution is 6.04. The molecule has 0 aromatic heterocycles. The number of anilines is 2. The zero-order chi connectivity index (χ0) is 29.5. The highest BCUT2D eigenvalue weighted by Gasteiger charge is 2.61. The summed E-state index contributed by atoms with van der Waals surface area (Å²) in [6, 6.07) is 11.2. The molecule has 3 unspecified atom stereocenters. The third-order valence-electron chi connectivity index (χ3n) is 9.36. The van der Waals surface area contributed by atoms with Crippen LogP contribution in [-0.2, 0) is 10.3 Å². The normalized spacial score (nSPS) is 24.1. The maximum atomic E-state index is 13.6. The minimum atomic E-state index is -1.12. The molecule has 0 radical (unpaired) electrons. The summed E-state index contributed by atoms with van der Waals surface area (Å²) in [6.07, 6.45) is 7.60. The summed E-state index contributed by atoms with van der Waals surface area (Å²) in [4.78, 5) is 30.8. The van der Waals surface area contributed by atoms with Crippen LogP contribution >= 0.6 is 0 Å². The lowest BCUT2D eigenvalue weighted by atomic mass is 9.72. The van der Waals surface area contributed by atoms with Gasteiger partial charge in [-0.1, -0.05) is 63.3 Å². The summed E-state index contributed by atoms with van der Waals surface area (Å²) in [7, 11) is 0. The number of likely N-dealkylation sites (N-methyl/N-ethyl adjacent to an activating group) is 1. The summed E-state index contributed by atoms with van der Waals surface area (Å²) >= 11 is 0. The molecule has 0 bridgehead atoms. The molecule has 3 N–H and O–H groups in total. The second-order valence-electron chi connectivity index (χ2n) is 11.0. The minimum Gasteiger partial charge on any atom is -0.507 e. The summed E-state index contributed by atoms with van der Waals surface area (Å²) < 4.78 is 0. The lowest BCUT2D eigenvalue weighted by molar-refractivity contribution is -0.111. The molecule has 0 spiro atoms. The Bertz CT molecular complexity index is 1450. The van der Waals surface area contributed by atoms with Crippen molar-refractivity contribution in [3.8, 4) is 5.75 Å².